The van der Waals surface area contributed by atoms with Crippen molar-refractivity contribution in [3.8, 4) is 17.6 Å². The van der Waals surface area contributed by atoms with Crippen molar-refractivity contribution in [1.29, 1.82) is 0 Å². The van der Waals surface area contributed by atoms with Crippen molar-refractivity contribution >= 4 is 5.97 Å². The molecule has 1 rings (SSSR count). The lowest BCUT2D eigenvalue weighted by atomic mass is 9.86. The van der Waals surface area contributed by atoms with Crippen LogP contribution in [0.5, 0.6) is 5.75 Å². The van der Waals surface area contributed by atoms with Crippen molar-refractivity contribution in [3.05, 3.63) is 41.5 Å². The molecule has 23 heavy (non-hydrogen) atoms. The molecule has 0 aliphatic carbocycles. The van der Waals surface area contributed by atoms with E-state index in [0.29, 0.717) is 13.0 Å². The summed E-state index contributed by atoms with van der Waals surface area (Å²) in [7, 11) is 1.61. The highest BCUT2D eigenvalue weighted by molar-refractivity contribution is 5.80. The number of allylic oxidation sites excluding steroid dienone is 1. The van der Waals surface area contributed by atoms with E-state index in [2.05, 4.69) is 11.8 Å². The van der Waals surface area contributed by atoms with Gasteiger partial charge in [0.05, 0.1) is 20.3 Å². The van der Waals surface area contributed by atoms with Gasteiger partial charge < -0.3 is 14.6 Å². The number of aliphatic hydroxyl groups is 1. The Balaban J connectivity index is 3.04. The Hall–Kier alpha value is -2.25. The van der Waals surface area contributed by atoms with Gasteiger partial charge in [-0.3, -0.25) is 4.79 Å². The van der Waals surface area contributed by atoms with Crippen LogP contribution in [0.3, 0.4) is 0 Å². The predicted molar refractivity (Wildman–Crippen MR) is 90.1 cm³/mol. The van der Waals surface area contributed by atoms with E-state index in [1.165, 1.54) is 0 Å². The average molecular weight is 316 g/mol. The molecule has 0 radical (unpaired) electrons. The molecule has 0 aliphatic heterocycles. The molecule has 1 aromatic carbocycles. The number of esters is 1. The van der Waals surface area contributed by atoms with Gasteiger partial charge in [0.25, 0.3) is 0 Å². The van der Waals surface area contributed by atoms with E-state index in [1.54, 1.807) is 21.0 Å². The maximum atomic E-state index is 12.3. The number of rotatable bonds is 6. The van der Waals surface area contributed by atoms with Gasteiger partial charge in [0.2, 0.25) is 0 Å². The lowest BCUT2D eigenvalue weighted by Crippen LogP contribution is -2.28. The summed E-state index contributed by atoms with van der Waals surface area (Å²) in [6.45, 7) is 5.60. The van der Waals surface area contributed by atoms with Crippen molar-refractivity contribution in [2.24, 2.45) is 5.41 Å². The summed E-state index contributed by atoms with van der Waals surface area (Å²) in [5.41, 5.74) is 0.641. The van der Waals surface area contributed by atoms with Crippen LogP contribution in [0.4, 0.5) is 0 Å². The highest BCUT2D eigenvalue weighted by Crippen LogP contribution is 2.24. The van der Waals surface area contributed by atoms with Gasteiger partial charge in [-0.2, -0.15) is 0 Å². The van der Waals surface area contributed by atoms with Gasteiger partial charge in [0.1, 0.15) is 11.2 Å². The number of ether oxygens (including phenoxy) is 2. The fourth-order valence-corrected chi connectivity index (χ4v) is 1.80. The number of methoxy groups -OCH3 is 1. The second-order valence-electron chi connectivity index (χ2n) is 5.44. The average Bonchev–Trinajstić information content (AvgIpc) is 2.58. The van der Waals surface area contributed by atoms with Crippen LogP contribution in [0.15, 0.2) is 35.9 Å². The molecule has 0 spiro atoms. The van der Waals surface area contributed by atoms with Gasteiger partial charge in [0.15, 0.2) is 0 Å². The van der Waals surface area contributed by atoms with Gasteiger partial charge in [-0.05, 0) is 51.5 Å². The fraction of sp³-hybridized carbons (Fsp3) is 0.421. The van der Waals surface area contributed by atoms with Gasteiger partial charge >= 0.3 is 5.97 Å². The predicted octanol–water partition coefficient (Wildman–Crippen LogP) is 2.94. The molecule has 1 aromatic rings. The quantitative estimate of drug-likeness (QED) is 0.498. The zero-order chi connectivity index (χ0) is 17.3. The van der Waals surface area contributed by atoms with E-state index in [0.717, 1.165) is 16.9 Å². The van der Waals surface area contributed by atoms with Crippen molar-refractivity contribution in [1.82, 2.24) is 0 Å². The number of hydrogen-bond donors (Lipinski definition) is 1. The van der Waals surface area contributed by atoms with E-state index in [1.807, 2.05) is 37.3 Å². The first kappa shape index (κ1) is 18.8. The SMILES string of the molecule is CCOC(=O)C(C)(C#Cc1ccc(OC)cc1)C/C=C(/C)CO. The first-order valence-corrected chi connectivity index (χ1v) is 7.56. The Morgan fingerprint density at radius 3 is 2.52 bits per heavy atom. The Bertz CT molecular complexity index is 604. The number of carbonyl (C=O) groups excluding carboxylic acids is 1. The second-order valence-corrected chi connectivity index (χ2v) is 5.44. The molecule has 4 nitrogen and oxygen atoms in total. The van der Waals surface area contributed by atoms with Crippen LogP contribution in [0.1, 0.15) is 32.8 Å². The molecule has 0 aliphatic rings. The highest BCUT2D eigenvalue weighted by atomic mass is 16.5. The Kier molecular flexibility index (Phi) is 7.37. The van der Waals surface area contributed by atoms with Crippen LogP contribution < -0.4 is 4.74 Å². The summed E-state index contributed by atoms with van der Waals surface area (Å²) in [5, 5.41) is 9.10. The first-order chi connectivity index (χ1) is 10.9. The monoisotopic (exact) mass is 316 g/mol. The number of carbonyl (C=O) groups is 1. The van der Waals surface area contributed by atoms with Crippen LogP contribution in [0.25, 0.3) is 0 Å². The number of hydrogen-bond acceptors (Lipinski definition) is 4. The van der Waals surface area contributed by atoms with Crippen LogP contribution >= 0.6 is 0 Å². The van der Waals surface area contributed by atoms with Crippen LogP contribution in [-0.2, 0) is 9.53 Å². The molecular weight excluding hydrogens is 292 g/mol. The van der Waals surface area contributed by atoms with Crippen LogP contribution in [0, 0.1) is 17.3 Å². The number of benzene rings is 1. The molecule has 4 heteroatoms. The number of aliphatic hydroxyl groups excluding tert-OH is 1. The summed E-state index contributed by atoms with van der Waals surface area (Å²) < 4.78 is 10.3. The normalized spacial score (nSPS) is 13.5. The minimum Gasteiger partial charge on any atom is -0.497 e. The van der Waals surface area contributed by atoms with E-state index >= 15 is 0 Å². The van der Waals surface area contributed by atoms with Gasteiger partial charge in [-0.15, -0.1) is 0 Å². The molecule has 124 valence electrons. The van der Waals surface area contributed by atoms with Crippen LogP contribution in [0.2, 0.25) is 0 Å². The topological polar surface area (TPSA) is 55.8 Å². The Morgan fingerprint density at radius 1 is 1.35 bits per heavy atom. The summed E-state index contributed by atoms with van der Waals surface area (Å²) in [4.78, 5) is 12.3. The molecule has 1 unspecified atom stereocenters. The largest absolute Gasteiger partial charge is 0.497 e. The first-order valence-electron chi connectivity index (χ1n) is 7.56. The van der Waals surface area contributed by atoms with E-state index in [4.69, 9.17) is 14.6 Å². The third kappa shape index (κ3) is 5.80. The molecule has 0 saturated heterocycles. The molecule has 0 aromatic heterocycles. The maximum absolute atomic E-state index is 12.3. The molecule has 0 heterocycles. The van der Waals surface area contributed by atoms with Gasteiger partial charge in [-0.1, -0.05) is 23.5 Å². The Labute approximate surface area is 138 Å². The highest BCUT2D eigenvalue weighted by Gasteiger charge is 2.31. The zero-order valence-corrected chi connectivity index (χ0v) is 14.2. The van der Waals surface area contributed by atoms with Crippen molar-refractivity contribution in [2.75, 3.05) is 20.3 Å². The van der Waals surface area contributed by atoms with Crippen molar-refractivity contribution in [3.63, 3.8) is 0 Å². The minimum absolute atomic E-state index is 0.0369. The minimum atomic E-state index is -0.952. The standard InChI is InChI=1S/C19H24O4/c1-5-23-18(21)19(3,12-10-15(2)14-20)13-11-16-6-8-17(22-4)9-7-16/h6-10,20H,5,12,14H2,1-4H3/b15-10-. The maximum Gasteiger partial charge on any atom is 0.324 e. The fourth-order valence-electron chi connectivity index (χ4n) is 1.80. The lowest BCUT2D eigenvalue weighted by Gasteiger charge is -2.20. The second kappa shape index (κ2) is 9.02. The summed E-state index contributed by atoms with van der Waals surface area (Å²) in [5.74, 6) is 6.44. The molecule has 0 fully saturated rings. The summed E-state index contributed by atoms with van der Waals surface area (Å²) in [6.07, 6.45) is 2.21. The van der Waals surface area contributed by atoms with Crippen molar-refractivity contribution < 1.29 is 19.4 Å². The zero-order valence-electron chi connectivity index (χ0n) is 14.2. The molecule has 1 atom stereocenters. The summed E-state index contributed by atoms with van der Waals surface area (Å²) in [6, 6.07) is 7.32. The molecule has 0 saturated carbocycles. The van der Waals surface area contributed by atoms with Crippen LogP contribution in [-0.4, -0.2) is 31.4 Å². The third-order valence-corrected chi connectivity index (χ3v) is 3.41. The molecule has 0 bridgehead atoms. The molecule has 0 amide bonds. The van der Waals surface area contributed by atoms with E-state index in [9.17, 15) is 4.79 Å². The smallest absolute Gasteiger partial charge is 0.324 e. The summed E-state index contributed by atoms with van der Waals surface area (Å²) >= 11 is 0. The molecule has 1 N–H and O–H groups in total. The van der Waals surface area contributed by atoms with Crippen molar-refractivity contribution in [2.45, 2.75) is 27.2 Å². The van der Waals surface area contributed by atoms with E-state index in [-0.39, 0.29) is 12.6 Å². The van der Waals surface area contributed by atoms with Gasteiger partial charge in [-0.25, -0.2) is 0 Å². The lowest BCUT2D eigenvalue weighted by molar-refractivity contribution is -0.150. The van der Waals surface area contributed by atoms with E-state index < -0.39 is 5.41 Å². The molecular formula is C19H24O4. The Morgan fingerprint density at radius 2 is 2.00 bits per heavy atom. The van der Waals surface area contributed by atoms with Gasteiger partial charge in [0, 0.05) is 5.56 Å². The third-order valence-electron chi connectivity index (χ3n) is 3.41.